The summed E-state index contributed by atoms with van der Waals surface area (Å²) in [5.74, 6) is 1.60. The van der Waals surface area contributed by atoms with E-state index in [1.807, 2.05) is 30.5 Å². The Morgan fingerprint density at radius 2 is 1.81 bits per heavy atom. The molecule has 3 aromatic rings. The van der Waals surface area contributed by atoms with Crippen LogP contribution in [0.25, 0.3) is 11.3 Å². The Morgan fingerprint density at radius 3 is 2.56 bits per heavy atom. The fourth-order valence-electron chi connectivity index (χ4n) is 3.67. The summed E-state index contributed by atoms with van der Waals surface area (Å²) in [4.78, 5) is 8.49. The van der Waals surface area contributed by atoms with Crippen molar-refractivity contribution in [2.75, 3.05) is 31.1 Å². The third kappa shape index (κ3) is 4.02. The van der Waals surface area contributed by atoms with Gasteiger partial charge in [-0.05, 0) is 55.3 Å². The van der Waals surface area contributed by atoms with Gasteiger partial charge in [0.05, 0.1) is 32.4 Å². The summed E-state index contributed by atoms with van der Waals surface area (Å²) in [6, 6.07) is 14.2. The van der Waals surface area contributed by atoms with Crippen LogP contribution in [0.5, 0.6) is 0 Å². The summed E-state index contributed by atoms with van der Waals surface area (Å²) in [7, 11) is 0. The predicted molar refractivity (Wildman–Crippen MR) is 109 cm³/mol. The number of aromatic nitrogens is 1. The monoisotopic (exact) mass is 382 g/mol. The van der Waals surface area contributed by atoms with Crippen LogP contribution < -0.4 is 9.80 Å². The van der Waals surface area contributed by atoms with Crippen LogP contribution in [0.2, 0.25) is 5.02 Å². The molecule has 27 heavy (non-hydrogen) atoms. The van der Waals surface area contributed by atoms with Crippen LogP contribution in [-0.2, 0) is 6.54 Å². The molecule has 0 unspecified atom stereocenters. The summed E-state index contributed by atoms with van der Waals surface area (Å²) in [6.45, 7) is 9.53. The van der Waals surface area contributed by atoms with Gasteiger partial charge in [0.25, 0.3) is 5.89 Å². The number of hydrogen-bond acceptors (Lipinski definition) is 3. The lowest BCUT2D eigenvalue weighted by atomic mass is 10.1. The molecule has 1 saturated heterocycles. The van der Waals surface area contributed by atoms with Crippen molar-refractivity contribution in [3.8, 4) is 11.3 Å². The van der Waals surface area contributed by atoms with Crippen LogP contribution in [0.15, 0.2) is 53.1 Å². The lowest BCUT2D eigenvalue weighted by Crippen LogP contribution is -3.13. The topological polar surface area (TPSA) is 33.7 Å². The van der Waals surface area contributed by atoms with Gasteiger partial charge in [0, 0.05) is 16.3 Å². The second-order valence-electron chi connectivity index (χ2n) is 7.26. The van der Waals surface area contributed by atoms with Crippen LogP contribution in [0.4, 0.5) is 5.69 Å². The number of hydrogen-bond donors (Lipinski definition) is 1. The summed E-state index contributed by atoms with van der Waals surface area (Å²) in [6.07, 6.45) is 1.81. The maximum Gasteiger partial charge on any atom is 0.250 e. The lowest BCUT2D eigenvalue weighted by Gasteiger charge is -2.34. The molecule has 4 nitrogen and oxygen atoms in total. The van der Waals surface area contributed by atoms with Gasteiger partial charge in [-0.25, -0.2) is 4.98 Å². The quantitative estimate of drug-likeness (QED) is 0.749. The first-order valence-electron chi connectivity index (χ1n) is 9.45. The van der Waals surface area contributed by atoms with Gasteiger partial charge in [-0.3, -0.25) is 0 Å². The highest BCUT2D eigenvalue weighted by Crippen LogP contribution is 2.23. The van der Waals surface area contributed by atoms with E-state index in [9.17, 15) is 0 Å². The number of quaternary nitrogens is 1. The maximum absolute atomic E-state index is 5.97. The third-order valence-corrected chi connectivity index (χ3v) is 5.72. The number of anilines is 1. The fourth-order valence-corrected chi connectivity index (χ4v) is 3.80. The number of halogens is 1. The first-order valence-corrected chi connectivity index (χ1v) is 9.83. The average Bonchev–Trinajstić information content (AvgIpc) is 3.14. The molecule has 0 atom stereocenters. The number of nitrogens with one attached hydrogen (secondary N) is 1. The first kappa shape index (κ1) is 18.1. The molecular weight excluding hydrogens is 358 g/mol. The first-order chi connectivity index (χ1) is 13.1. The van der Waals surface area contributed by atoms with Gasteiger partial charge in [-0.2, -0.15) is 0 Å². The van der Waals surface area contributed by atoms with E-state index in [-0.39, 0.29) is 0 Å². The van der Waals surface area contributed by atoms with Crippen molar-refractivity contribution in [1.82, 2.24) is 4.98 Å². The van der Waals surface area contributed by atoms with Gasteiger partial charge >= 0.3 is 0 Å². The molecule has 5 heteroatoms. The Bertz CT molecular complexity index is 912. The van der Waals surface area contributed by atoms with Gasteiger partial charge in [0.2, 0.25) is 0 Å². The van der Waals surface area contributed by atoms with E-state index < -0.39 is 0 Å². The van der Waals surface area contributed by atoms with E-state index in [1.165, 1.54) is 21.7 Å². The van der Waals surface area contributed by atoms with E-state index in [2.05, 4.69) is 41.9 Å². The molecule has 1 aliphatic rings. The van der Waals surface area contributed by atoms with Crippen LogP contribution in [0, 0.1) is 13.8 Å². The molecule has 0 amide bonds. The van der Waals surface area contributed by atoms with Crippen molar-refractivity contribution in [2.45, 2.75) is 20.4 Å². The zero-order valence-corrected chi connectivity index (χ0v) is 16.6. The second kappa shape index (κ2) is 7.75. The molecule has 1 aliphatic heterocycles. The molecule has 4 rings (SSSR count). The molecule has 0 spiro atoms. The molecule has 2 aromatic carbocycles. The molecule has 0 saturated carbocycles. The number of benzene rings is 2. The van der Waals surface area contributed by atoms with E-state index in [0.717, 1.165) is 55.0 Å². The minimum absolute atomic E-state index is 0.727. The number of aryl methyl sites for hydroxylation is 1. The number of oxazole rings is 1. The van der Waals surface area contributed by atoms with Crippen LogP contribution in [-0.4, -0.2) is 31.2 Å². The SMILES string of the molecule is Cc1cccc(N2CC[NH+](Cc3ncc(-c4ccc(Cl)cc4)o3)CC2)c1C. The van der Waals surface area contributed by atoms with Crippen molar-refractivity contribution in [1.29, 1.82) is 0 Å². The zero-order valence-electron chi connectivity index (χ0n) is 15.8. The minimum atomic E-state index is 0.727. The largest absolute Gasteiger partial charge is 0.435 e. The Hall–Kier alpha value is -2.30. The summed E-state index contributed by atoms with van der Waals surface area (Å²) < 4.78 is 5.97. The van der Waals surface area contributed by atoms with E-state index in [0.29, 0.717) is 0 Å². The highest BCUT2D eigenvalue weighted by atomic mass is 35.5. The highest BCUT2D eigenvalue weighted by molar-refractivity contribution is 6.30. The molecule has 1 aromatic heterocycles. The standard InChI is InChI=1S/C22H24ClN3O/c1-16-4-3-5-20(17(16)2)26-12-10-25(11-13-26)15-22-24-14-21(27-22)18-6-8-19(23)9-7-18/h3-9,14H,10-13,15H2,1-2H3/p+1. The summed E-state index contributed by atoms with van der Waals surface area (Å²) in [5.41, 5.74) is 5.13. The maximum atomic E-state index is 5.97. The van der Waals surface area contributed by atoms with Gasteiger partial charge < -0.3 is 14.2 Å². The molecule has 1 fully saturated rings. The van der Waals surface area contributed by atoms with Crippen molar-refractivity contribution in [3.63, 3.8) is 0 Å². The van der Waals surface area contributed by atoms with Crippen LogP contribution >= 0.6 is 11.6 Å². The van der Waals surface area contributed by atoms with Gasteiger partial charge in [-0.15, -0.1) is 0 Å². The Kier molecular flexibility index (Phi) is 5.19. The Morgan fingerprint density at radius 1 is 1.07 bits per heavy atom. The van der Waals surface area contributed by atoms with Crippen molar-refractivity contribution < 1.29 is 9.32 Å². The Labute approximate surface area is 165 Å². The third-order valence-electron chi connectivity index (χ3n) is 5.47. The Balaban J connectivity index is 1.37. The number of rotatable bonds is 4. The fraction of sp³-hybridized carbons (Fsp3) is 0.318. The lowest BCUT2D eigenvalue weighted by molar-refractivity contribution is -0.915. The van der Waals surface area contributed by atoms with Crippen LogP contribution in [0.3, 0.4) is 0 Å². The molecule has 0 radical (unpaired) electrons. The second-order valence-corrected chi connectivity index (χ2v) is 7.69. The van der Waals surface area contributed by atoms with E-state index in [4.69, 9.17) is 16.0 Å². The van der Waals surface area contributed by atoms with E-state index in [1.54, 1.807) is 0 Å². The van der Waals surface area contributed by atoms with Gasteiger partial charge in [0.1, 0.15) is 0 Å². The van der Waals surface area contributed by atoms with Crippen molar-refractivity contribution >= 4 is 17.3 Å². The van der Waals surface area contributed by atoms with Gasteiger partial charge in [0.15, 0.2) is 12.3 Å². The molecule has 0 bridgehead atoms. The molecule has 2 heterocycles. The van der Waals surface area contributed by atoms with E-state index >= 15 is 0 Å². The van der Waals surface area contributed by atoms with Crippen molar-refractivity contribution in [2.24, 2.45) is 0 Å². The highest BCUT2D eigenvalue weighted by Gasteiger charge is 2.23. The molecule has 1 N–H and O–H groups in total. The number of piperazine rings is 1. The molecule has 0 aliphatic carbocycles. The van der Waals surface area contributed by atoms with Crippen LogP contribution in [0.1, 0.15) is 17.0 Å². The summed E-state index contributed by atoms with van der Waals surface area (Å²) >= 11 is 5.95. The normalized spacial score (nSPS) is 15.3. The zero-order chi connectivity index (χ0) is 18.8. The average molecular weight is 383 g/mol. The predicted octanol–water partition coefficient (Wildman–Crippen LogP) is 3.52. The number of nitrogens with zero attached hydrogens (tertiary/aromatic N) is 2. The van der Waals surface area contributed by atoms with Gasteiger partial charge in [-0.1, -0.05) is 23.7 Å². The van der Waals surface area contributed by atoms with Crippen molar-refractivity contribution in [3.05, 3.63) is 70.7 Å². The smallest absolute Gasteiger partial charge is 0.250 e. The minimum Gasteiger partial charge on any atom is -0.435 e. The molecular formula is C22H25ClN3O+. The summed E-state index contributed by atoms with van der Waals surface area (Å²) in [5, 5.41) is 0.727. The molecule has 140 valence electrons.